The van der Waals surface area contributed by atoms with Gasteiger partial charge in [-0.15, -0.1) is 0 Å². The Morgan fingerprint density at radius 3 is 1.95 bits per heavy atom. The first-order valence-electron chi connectivity index (χ1n) is 7.50. The summed E-state index contributed by atoms with van der Waals surface area (Å²) in [6.45, 7) is 16.0. The first kappa shape index (κ1) is 20.6. The molecule has 0 saturated carbocycles. The highest BCUT2D eigenvalue weighted by molar-refractivity contribution is 6.48. The van der Waals surface area contributed by atoms with Crippen LogP contribution in [0.5, 0.6) is 0 Å². The Kier molecular flexibility index (Phi) is 8.10. The molecule has 0 rings (SSSR count). The van der Waals surface area contributed by atoms with Crippen molar-refractivity contribution < 1.29 is 23.8 Å². The molecule has 21 heavy (non-hydrogen) atoms. The zero-order chi connectivity index (χ0) is 16.8. The van der Waals surface area contributed by atoms with Crippen LogP contribution in [0.1, 0.15) is 48.0 Å². The second kappa shape index (κ2) is 8.27. The summed E-state index contributed by atoms with van der Waals surface area (Å²) in [7, 11) is -1.29. The molecule has 0 aliphatic carbocycles. The van der Waals surface area contributed by atoms with Gasteiger partial charge in [-0.1, -0.05) is 0 Å². The van der Waals surface area contributed by atoms with Crippen LogP contribution in [0.4, 0.5) is 0 Å². The first-order chi connectivity index (χ1) is 9.30. The van der Waals surface area contributed by atoms with Crippen LogP contribution in [0.3, 0.4) is 0 Å². The SMILES string of the molecule is C[SiH](C)O[C@H](COC(C)(C)C)C[C@H](OC(C)(C)C)C(=O)O. The number of hydrogen-bond acceptors (Lipinski definition) is 4. The van der Waals surface area contributed by atoms with E-state index in [4.69, 9.17) is 13.9 Å². The van der Waals surface area contributed by atoms with Crippen molar-refractivity contribution in [3.63, 3.8) is 0 Å². The molecule has 0 spiro atoms. The molecule has 0 heterocycles. The summed E-state index contributed by atoms with van der Waals surface area (Å²) in [6, 6.07) is 0. The minimum Gasteiger partial charge on any atom is -0.479 e. The molecule has 0 aliphatic heterocycles. The zero-order valence-electron chi connectivity index (χ0n) is 14.7. The fourth-order valence-electron chi connectivity index (χ4n) is 1.76. The Labute approximate surface area is 130 Å². The van der Waals surface area contributed by atoms with Gasteiger partial charge in [0.1, 0.15) is 0 Å². The van der Waals surface area contributed by atoms with Crippen LogP contribution in [0.25, 0.3) is 0 Å². The lowest BCUT2D eigenvalue weighted by Crippen LogP contribution is -2.39. The molecule has 0 saturated heterocycles. The molecule has 0 aromatic rings. The number of carboxylic acid groups (broad SMARTS) is 1. The zero-order valence-corrected chi connectivity index (χ0v) is 15.9. The number of aliphatic carboxylic acids is 1. The summed E-state index contributed by atoms with van der Waals surface area (Å²) in [5.41, 5.74) is -0.780. The van der Waals surface area contributed by atoms with Gasteiger partial charge < -0.3 is 19.0 Å². The molecule has 0 unspecified atom stereocenters. The number of ether oxygens (including phenoxy) is 2. The van der Waals surface area contributed by atoms with Gasteiger partial charge in [0.25, 0.3) is 0 Å². The average Bonchev–Trinajstić information content (AvgIpc) is 2.21. The normalized spacial score (nSPS) is 16.0. The molecule has 126 valence electrons. The Bertz CT molecular complexity index is 317. The van der Waals surface area contributed by atoms with Crippen molar-refractivity contribution in [1.29, 1.82) is 0 Å². The summed E-state index contributed by atoms with van der Waals surface area (Å²) in [5.74, 6) is -0.959. The standard InChI is InChI=1S/C15H32O5Si/c1-14(2,3)18-10-11(20-21(7)8)9-12(13(16)17)19-15(4,5)6/h11-12,21H,9-10H2,1-8H3,(H,16,17)/t11-,12-/m0/s1. The van der Waals surface area contributed by atoms with E-state index in [0.717, 1.165) is 0 Å². The first-order valence-corrected chi connectivity index (χ1v) is 10.3. The van der Waals surface area contributed by atoms with Crippen molar-refractivity contribution >= 4 is 15.0 Å². The van der Waals surface area contributed by atoms with Crippen molar-refractivity contribution in [2.45, 2.75) is 84.5 Å². The van der Waals surface area contributed by atoms with E-state index in [0.29, 0.717) is 13.0 Å². The van der Waals surface area contributed by atoms with Gasteiger partial charge in [0.2, 0.25) is 0 Å². The van der Waals surface area contributed by atoms with Crippen LogP contribution in [-0.2, 0) is 18.7 Å². The van der Waals surface area contributed by atoms with Gasteiger partial charge in [0.15, 0.2) is 15.1 Å². The number of carboxylic acids is 1. The maximum Gasteiger partial charge on any atom is 0.332 e. The Hall–Kier alpha value is -0.433. The van der Waals surface area contributed by atoms with Crippen molar-refractivity contribution in [2.75, 3.05) is 6.61 Å². The minimum absolute atomic E-state index is 0.251. The summed E-state index contributed by atoms with van der Waals surface area (Å²) >= 11 is 0. The largest absolute Gasteiger partial charge is 0.479 e. The molecule has 5 nitrogen and oxygen atoms in total. The predicted molar refractivity (Wildman–Crippen MR) is 86.3 cm³/mol. The lowest BCUT2D eigenvalue weighted by atomic mass is 10.1. The van der Waals surface area contributed by atoms with E-state index in [1.807, 2.05) is 41.5 Å². The van der Waals surface area contributed by atoms with Crippen molar-refractivity contribution in [3.05, 3.63) is 0 Å². The van der Waals surface area contributed by atoms with E-state index in [9.17, 15) is 9.90 Å². The summed E-state index contributed by atoms with van der Waals surface area (Å²) in [4.78, 5) is 11.4. The third-order valence-electron chi connectivity index (χ3n) is 2.42. The summed E-state index contributed by atoms with van der Waals surface area (Å²) in [6.07, 6.45) is -0.834. The fraction of sp³-hybridized carbons (Fsp3) is 0.933. The van der Waals surface area contributed by atoms with Crippen molar-refractivity contribution in [1.82, 2.24) is 0 Å². The van der Waals surface area contributed by atoms with Crippen molar-refractivity contribution in [2.24, 2.45) is 0 Å². The Morgan fingerprint density at radius 2 is 1.62 bits per heavy atom. The highest BCUT2D eigenvalue weighted by Gasteiger charge is 2.29. The van der Waals surface area contributed by atoms with Gasteiger partial charge in [-0.25, -0.2) is 4.79 Å². The van der Waals surface area contributed by atoms with Gasteiger partial charge >= 0.3 is 5.97 Å². The van der Waals surface area contributed by atoms with Crippen LogP contribution < -0.4 is 0 Å². The lowest BCUT2D eigenvalue weighted by molar-refractivity contribution is -0.164. The Morgan fingerprint density at radius 1 is 1.10 bits per heavy atom. The maximum atomic E-state index is 11.4. The topological polar surface area (TPSA) is 65.0 Å². The van der Waals surface area contributed by atoms with E-state index in [2.05, 4.69) is 13.1 Å². The van der Waals surface area contributed by atoms with Crippen molar-refractivity contribution in [3.8, 4) is 0 Å². The second-order valence-electron chi connectivity index (χ2n) is 7.52. The smallest absolute Gasteiger partial charge is 0.332 e. The molecule has 0 aromatic heterocycles. The maximum absolute atomic E-state index is 11.4. The van der Waals surface area contributed by atoms with Gasteiger partial charge in [0, 0.05) is 6.42 Å². The molecule has 0 aliphatic rings. The molecular formula is C15H32O5Si. The van der Waals surface area contributed by atoms with E-state index < -0.39 is 26.7 Å². The van der Waals surface area contributed by atoms with Crippen LogP contribution in [0, 0.1) is 0 Å². The van der Waals surface area contributed by atoms with Gasteiger partial charge in [-0.3, -0.25) is 0 Å². The Balaban J connectivity index is 4.76. The van der Waals surface area contributed by atoms with Crippen LogP contribution in [0.2, 0.25) is 13.1 Å². The predicted octanol–water partition coefficient (Wildman–Crippen LogP) is 2.83. The van der Waals surface area contributed by atoms with Crippen LogP contribution in [-0.4, -0.2) is 50.1 Å². The molecule has 6 heteroatoms. The monoisotopic (exact) mass is 320 g/mol. The molecule has 0 radical (unpaired) electrons. The number of carbonyl (C=O) groups is 1. The van der Waals surface area contributed by atoms with Crippen LogP contribution >= 0.6 is 0 Å². The third-order valence-corrected chi connectivity index (χ3v) is 3.34. The quantitative estimate of drug-likeness (QED) is 0.697. The van der Waals surface area contributed by atoms with E-state index in [1.54, 1.807) is 0 Å². The molecule has 0 aromatic carbocycles. The molecule has 2 atom stereocenters. The number of hydrogen-bond donors (Lipinski definition) is 1. The van der Waals surface area contributed by atoms with Gasteiger partial charge in [-0.05, 0) is 54.6 Å². The summed E-state index contributed by atoms with van der Waals surface area (Å²) in [5, 5.41) is 9.34. The second-order valence-corrected chi connectivity index (χ2v) is 9.89. The molecular weight excluding hydrogens is 288 g/mol. The lowest BCUT2D eigenvalue weighted by Gasteiger charge is -2.30. The molecule has 0 amide bonds. The number of rotatable bonds is 8. The van der Waals surface area contributed by atoms with Gasteiger partial charge in [0.05, 0.1) is 23.9 Å². The minimum atomic E-state index is -1.29. The fourth-order valence-corrected chi connectivity index (χ4v) is 2.72. The summed E-state index contributed by atoms with van der Waals surface area (Å²) < 4.78 is 17.3. The highest BCUT2D eigenvalue weighted by atomic mass is 28.3. The van der Waals surface area contributed by atoms with E-state index in [1.165, 1.54) is 0 Å². The highest BCUT2D eigenvalue weighted by Crippen LogP contribution is 2.18. The van der Waals surface area contributed by atoms with Crippen LogP contribution in [0.15, 0.2) is 0 Å². The molecule has 0 bridgehead atoms. The van der Waals surface area contributed by atoms with E-state index in [-0.39, 0.29) is 11.7 Å². The van der Waals surface area contributed by atoms with Gasteiger partial charge in [-0.2, -0.15) is 0 Å². The molecule has 1 N–H and O–H groups in total. The van der Waals surface area contributed by atoms with E-state index >= 15 is 0 Å². The average molecular weight is 321 g/mol. The molecule has 0 fully saturated rings. The third kappa shape index (κ3) is 11.9.